The fourth-order valence-electron chi connectivity index (χ4n) is 2.10. The number of methoxy groups -OCH3 is 1. The lowest BCUT2D eigenvalue weighted by molar-refractivity contribution is 0.128. The van der Waals surface area contributed by atoms with Crippen LogP contribution in [0.4, 0.5) is 8.78 Å². The Bertz CT molecular complexity index is 590. The molecule has 0 aliphatic carbocycles. The SMILES string of the molecule is COc1ccc([C@H](N)CC(F)F)cc1OCc1ccccc1. The average Bonchev–Trinajstić information content (AvgIpc) is 2.53. The highest BCUT2D eigenvalue weighted by molar-refractivity contribution is 5.44. The van der Waals surface area contributed by atoms with Crippen LogP contribution in [0.1, 0.15) is 23.6 Å². The van der Waals surface area contributed by atoms with Gasteiger partial charge in [-0.2, -0.15) is 0 Å². The monoisotopic (exact) mass is 307 g/mol. The highest BCUT2D eigenvalue weighted by Gasteiger charge is 2.15. The van der Waals surface area contributed by atoms with Crippen molar-refractivity contribution < 1.29 is 18.3 Å². The van der Waals surface area contributed by atoms with Gasteiger partial charge in [0.05, 0.1) is 7.11 Å². The van der Waals surface area contributed by atoms with E-state index in [1.54, 1.807) is 18.2 Å². The van der Waals surface area contributed by atoms with Crippen molar-refractivity contribution in [1.29, 1.82) is 0 Å². The molecule has 2 aromatic carbocycles. The molecule has 0 unspecified atom stereocenters. The molecule has 0 aromatic heterocycles. The van der Waals surface area contributed by atoms with Crippen molar-refractivity contribution in [3.8, 4) is 11.5 Å². The fraction of sp³-hybridized carbons (Fsp3) is 0.294. The van der Waals surface area contributed by atoms with Crippen molar-refractivity contribution in [2.45, 2.75) is 25.5 Å². The molecular formula is C17H19F2NO2. The van der Waals surface area contributed by atoms with Gasteiger partial charge >= 0.3 is 0 Å². The minimum Gasteiger partial charge on any atom is -0.493 e. The van der Waals surface area contributed by atoms with Crippen LogP contribution >= 0.6 is 0 Å². The maximum atomic E-state index is 12.5. The number of hydrogen-bond donors (Lipinski definition) is 1. The van der Waals surface area contributed by atoms with Gasteiger partial charge in [0.25, 0.3) is 0 Å². The third-order valence-corrected chi connectivity index (χ3v) is 3.29. The molecule has 0 heterocycles. The molecule has 0 radical (unpaired) electrons. The second-order valence-corrected chi connectivity index (χ2v) is 4.92. The van der Waals surface area contributed by atoms with E-state index >= 15 is 0 Å². The van der Waals surface area contributed by atoms with Gasteiger partial charge in [0.1, 0.15) is 6.61 Å². The maximum absolute atomic E-state index is 12.5. The molecule has 0 fully saturated rings. The third-order valence-electron chi connectivity index (χ3n) is 3.29. The number of nitrogens with two attached hydrogens (primary N) is 1. The van der Waals surface area contributed by atoms with E-state index < -0.39 is 12.5 Å². The van der Waals surface area contributed by atoms with Crippen LogP contribution in [0.15, 0.2) is 48.5 Å². The molecule has 22 heavy (non-hydrogen) atoms. The Morgan fingerprint density at radius 1 is 1.05 bits per heavy atom. The Balaban J connectivity index is 2.14. The standard InChI is InChI=1S/C17H19F2NO2/c1-21-15-8-7-13(14(20)10-17(18)19)9-16(15)22-11-12-5-3-2-4-6-12/h2-9,14,17H,10-11,20H2,1H3/t14-/m1/s1. The normalized spacial score (nSPS) is 12.2. The van der Waals surface area contributed by atoms with Crippen molar-refractivity contribution in [3.63, 3.8) is 0 Å². The van der Waals surface area contributed by atoms with Crippen molar-refractivity contribution in [1.82, 2.24) is 0 Å². The van der Waals surface area contributed by atoms with Gasteiger partial charge in [-0.1, -0.05) is 36.4 Å². The molecule has 5 heteroatoms. The van der Waals surface area contributed by atoms with E-state index in [2.05, 4.69) is 0 Å². The zero-order chi connectivity index (χ0) is 15.9. The van der Waals surface area contributed by atoms with Gasteiger partial charge in [-0.05, 0) is 23.3 Å². The number of ether oxygens (including phenoxy) is 2. The Morgan fingerprint density at radius 3 is 2.41 bits per heavy atom. The van der Waals surface area contributed by atoms with Crippen LogP contribution in [0, 0.1) is 0 Å². The van der Waals surface area contributed by atoms with Crippen molar-refractivity contribution in [2.24, 2.45) is 5.73 Å². The first kappa shape index (κ1) is 16.2. The quantitative estimate of drug-likeness (QED) is 0.843. The smallest absolute Gasteiger partial charge is 0.240 e. The highest BCUT2D eigenvalue weighted by atomic mass is 19.3. The van der Waals surface area contributed by atoms with Gasteiger partial charge in [0.2, 0.25) is 6.43 Å². The Kier molecular flexibility index (Phi) is 5.72. The van der Waals surface area contributed by atoms with Crippen LogP contribution in [-0.2, 0) is 6.61 Å². The van der Waals surface area contributed by atoms with Gasteiger partial charge in [-0.3, -0.25) is 0 Å². The lowest BCUT2D eigenvalue weighted by Crippen LogP contribution is -2.14. The molecule has 0 saturated heterocycles. The van der Waals surface area contributed by atoms with Crippen molar-refractivity contribution in [2.75, 3.05) is 7.11 Å². The first-order valence-corrected chi connectivity index (χ1v) is 6.98. The molecule has 1 atom stereocenters. The molecule has 0 amide bonds. The summed E-state index contributed by atoms with van der Waals surface area (Å²) in [6.07, 6.45) is -2.82. The van der Waals surface area contributed by atoms with Crippen LogP contribution < -0.4 is 15.2 Å². The molecule has 2 aromatic rings. The molecule has 0 saturated carbocycles. The molecular weight excluding hydrogens is 288 g/mol. The molecule has 0 aliphatic heterocycles. The predicted octanol–water partition coefficient (Wildman–Crippen LogP) is 3.93. The lowest BCUT2D eigenvalue weighted by Gasteiger charge is -2.16. The van der Waals surface area contributed by atoms with Gasteiger partial charge in [0.15, 0.2) is 11.5 Å². The van der Waals surface area contributed by atoms with Crippen LogP contribution in [0.2, 0.25) is 0 Å². The van der Waals surface area contributed by atoms with Crippen LogP contribution in [0.5, 0.6) is 11.5 Å². The molecule has 2 N–H and O–H groups in total. The predicted molar refractivity (Wildman–Crippen MR) is 81.3 cm³/mol. The van der Waals surface area contributed by atoms with Crippen LogP contribution in [0.25, 0.3) is 0 Å². The summed E-state index contributed by atoms with van der Waals surface area (Å²) in [5.74, 6) is 1.04. The van der Waals surface area contributed by atoms with E-state index in [1.165, 1.54) is 7.11 Å². The summed E-state index contributed by atoms with van der Waals surface area (Å²) in [7, 11) is 1.53. The molecule has 118 valence electrons. The summed E-state index contributed by atoms with van der Waals surface area (Å²) in [5, 5.41) is 0. The second-order valence-electron chi connectivity index (χ2n) is 4.92. The summed E-state index contributed by atoms with van der Waals surface area (Å²) < 4.78 is 35.9. The third kappa shape index (κ3) is 4.43. The maximum Gasteiger partial charge on any atom is 0.240 e. The Morgan fingerprint density at radius 2 is 1.77 bits per heavy atom. The molecule has 0 bridgehead atoms. The molecule has 0 spiro atoms. The zero-order valence-electron chi connectivity index (χ0n) is 12.3. The van der Waals surface area contributed by atoms with E-state index in [-0.39, 0.29) is 6.42 Å². The van der Waals surface area contributed by atoms with Crippen LogP contribution in [0.3, 0.4) is 0 Å². The van der Waals surface area contributed by atoms with E-state index in [9.17, 15) is 8.78 Å². The van der Waals surface area contributed by atoms with Crippen molar-refractivity contribution in [3.05, 3.63) is 59.7 Å². The highest BCUT2D eigenvalue weighted by Crippen LogP contribution is 2.31. The summed E-state index contributed by atoms with van der Waals surface area (Å²) in [6, 6.07) is 13.9. The number of rotatable bonds is 7. The van der Waals surface area contributed by atoms with Gasteiger partial charge < -0.3 is 15.2 Å². The largest absolute Gasteiger partial charge is 0.493 e. The average molecular weight is 307 g/mol. The fourth-order valence-corrected chi connectivity index (χ4v) is 2.10. The number of benzene rings is 2. The summed E-state index contributed by atoms with van der Waals surface area (Å²) >= 11 is 0. The zero-order valence-corrected chi connectivity index (χ0v) is 12.3. The van der Waals surface area contributed by atoms with Gasteiger partial charge in [-0.15, -0.1) is 0 Å². The van der Waals surface area contributed by atoms with Gasteiger partial charge in [0, 0.05) is 12.5 Å². The van der Waals surface area contributed by atoms with Crippen LogP contribution in [-0.4, -0.2) is 13.5 Å². The van der Waals surface area contributed by atoms with E-state index in [0.29, 0.717) is 23.7 Å². The lowest BCUT2D eigenvalue weighted by atomic mass is 10.0. The topological polar surface area (TPSA) is 44.5 Å². The van der Waals surface area contributed by atoms with E-state index in [0.717, 1.165) is 5.56 Å². The Hall–Kier alpha value is -2.14. The Labute approximate surface area is 128 Å². The summed E-state index contributed by atoms with van der Waals surface area (Å²) in [6.45, 7) is 0.366. The number of halogens is 2. The minimum atomic E-state index is -2.44. The van der Waals surface area contributed by atoms with Gasteiger partial charge in [-0.25, -0.2) is 8.78 Å². The first-order chi connectivity index (χ1) is 10.6. The van der Waals surface area contributed by atoms with E-state index in [1.807, 2.05) is 30.3 Å². The number of hydrogen-bond acceptors (Lipinski definition) is 3. The number of alkyl halides is 2. The summed E-state index contributed by atoms with van der Waals surface area (Å²) in [5.41, 5.74) is 7.39. The second kappa shape index (κ2) is 7.75. The molecule has 0 aliphatic rings. The van der Waals surface area contributed by atoms with Crippen molar-refractivity contribution >= 4 is 0 Å². The summed E-state index contributed by atoms with van der Waals surface area (Å²) in [4.78, 5) is 0. The molecule has 3 nitrogen and oxygen atoms in total. The van der Waals surface area contributed by atoms with E-state index in [4.69, 9.17) is 15.2 Å². The molecule has 2 rings (SSSR count). The first-order valence-electron chi connectivity index (χ1n) is 6.98. The minimum absolute atomic E-state index is 0.366.